The zero-order chi connectivity index (χ0) is 27.2. The number of unbranched alkanes of at least 4 members (excludes halogenated alkanes) is 18. The highest BCUT2D eigenvalue weighted by Crippen LogP contribution is 2.14. The number of hydrogen-bond donors (Lipinski definition) is 1. The molecule has 3 nitrogen and oxygen atoms in total. The maximum Gasteiger partial charge on any atom is 0.305 e. The van der Waals surface area contributed by atoms with Crippen LogP contribution in [0, 0.1) is 5.92 Å². The first-order valence-corrected chi connectivity index (χ1v) is 16.5. The third-order valence-electron chi connectivity index (χ3n) is 7.41. The van der Waals surface area contributed by atoms with Gasteiger partial charge in [-0.3, -0.25) is 4.79 Å². The van der Waals surface area contributed by atoms with Gasteiger partial charge in [0.1, 0.15) is 0 Å². The molecule has 0 bridgehead atoms. The molecule has 1 atom stereocenters. The summed E-state index contributed by atoms with van der Waals surface area (Å²) in [5.41, 5.74) is 0. The van der Waals surface area contributed by atoms with E-state index in [1.807, 2.05) is 0 Å². The number of esters is 1. The summed E-state index contributed by atoms with van der Waals surface area (Å²) in [5.74, 6) is 0.851. The van der Waals surface area contributed by atoms with E-state index in [0.717, 1.165) is 50.9 Å². The highest BCUT2D eigenvalue weighted by Gasteiger charge is 2.03. The third kappa shape index (κ3) is 31.3. The van der Waals surface area contributed by atoms with Gasteiger partial charge in [0.15, 0.2) is 0 Å². The minimum Gasteiger partial charge on any atom is -0.466 e. The van der Waals surface area contributed by atoms with Crippen molar-refractivity contribution in [3.63, 3.8) is 0 Å². The van der Waals surface area contributed by atoms with Gasteiger partial charge in [0.05, 0.1) is 12.7 Å². The fourth-order valence-electron chi connectivity index (χ4n) is 4.86. The quantitative estimate of drug-likeness (QED) is 0.0603. The molecule has 0 aliphatic heterocycles. The molecule has 0 saturated carbocycles. The molecule has 0 aliphatic carbocycles. The van der Waals surface area contributed by atoms with Gasteiger partial charge in [-0.05, 0) is 44.4 Å². The van der Waals surface area contributed by atoms with E-state index in [4.69, 9.17) is 4.74 Å². The second kappa shape index (κ2) is 29.7. The van der Waals surface area contributed by atoms with Crippen molar-refractivity contribution >= 4 is 5.97 Å². The van der Waals surface area contributed by atoms with Crippen molar-refractivity contribution in [2.75, 3.05) is 6.61 Å². The molecule has 0 amide bonds. The number of ether oxygens (including phenoxy) is 1. The normalized spacial score (nSPS) is 12.6. The molecule has 0 saturated heterocycles. The Bertz CT molecular complexity index is 485. The summed E-state index contributed by atoms with van der Waals surface area (Å²) < 4.78 is 5.41. The number of hydrogen-bond acceptors (Lipinski definition) is 3. The number of aliphatic hydroxyl groups excluding tert-OH is 1. The van der Waals surface area contributed by atoms with Crippen molar-refractivity contribution < 1.29 is 14.6 Å². The summed E-state index contributed by atoms with van der Waals surface area (Å²) in [6.45, 7) is 7.46. The topological polar surface area (TPSA) is 46.5 Å². The van der Waals surface area contributed by atoms with Crippen LogP contribution >= 0.6 is 0 Å². The van der Waals surface area contributed by atoms with E-state index in [-0.39, 0.29) is 12.1 Å². The standard InChI is InChI=1S/C34H66O3/c1-4-5-6-23-28-33(35)29-24-19-15-11-12-16-20-25-30-34(36)37-31-26-21-17-13-9-7-8-10-14-18-22-27-32(2)3/h19,24,32-33,35H,4-18,20-23,25-31H2,1-3H3/t33-/m1/s1. The van der Waals surface area contributed by atoms with E-state index in [0.29, 0.717) is 13.0 Å². The van der Waals surface area contributed by atoms with Gasteiger partial charge in [0.25, 0.3) is 0 Å². The van der Waals surface area contributed by atoms with E-state index in [1.165, 1.54) is 109 Å². The van der Waals surface area contributed by atoms with Gasteiger partial charge in [-0.15, -0.1) is 0 Å². The first-order valence-electron chi connectivity index (χ1n) is 16.5. The average Bonchev–Trinajstić information content (AvgIpc) is 2.87. The van der Waals surface area contributed by atoms with Gasteiger partial charge in [-0.1, -0.05) is 148 Å². The van der Waals surface area contributed by atoms with Gasteiger partial charge in [-0.2, -0.15) is 0 Å². The summed E-state index contributed by atoms with van der Waals surface area (Å²) in [4.78, 5) is 11.9. The second-order valence-corrected chi connectivity index (χ2v) is 11.8. The van der Waals surface area contributed by atoms with Crippen LogP contribution in [0.5, 0.6) is 0 Å². The zero-order valence-electron chi connectivity index (χ0n) is 25.5. The average molecular weight is 523 g/mol. The van der Waals surface area contributed by atoms with Crippen LogP contribution in [-0.4, -0.2) is 23.8 Å². The van der Waals surface area contributed by atoms with E-state index in [9.17, 15) is 9.90 Å². The first-order chi connectivity index (χ1) is 18.1. The van der Waals surface area contributed by atoms with Crippen molar-refractivity contribution in [3.8, 4) is 0 Å². The number of rotatable bonds is 29. The van der Waals surface area contributed by atoms with E-state index in [1.54, 1.807) is 0 Å². The number of allylic oxidation sites excluding steroid dienone is 1. The molecule has 3 heteroatoms. The molecule has 1 N–H and O–H groups in total. The Morgan fingerprint density at radius 1 is 0.649 bits per heavy atom. The van der Waals surface area contributed by atoms with Crippen LogP contribution in [0.2, 0.25) is 0 Å². The van der Waals surface area contributed by atoms with Gasteiger partial charge in [0, 0.05) is 6.42 Å². The predicted octanol–water partition coefficient (Wildman–Crippen LogP) is 10.9. The lowest BCUT2D eigenvalue weighted by Crippen LogP contribution is -2.05. The number of carbonyl (C=O) groups is 1. The maximum absolute atomic E-state index is 11.9. The fraction of sp³-hybridized carbons (Fsp3) is 0.912. The number of carbonyl (C=O) groups excluding carboxylic acids is 1. The van der Waals surface area contributed by atoms with Gasteiger partial charge >= 0.3 is 5.97 Å². The third-order valence-corrected chi connectivity index (χ3v) is 7.41. The summed E-state index contributed by atoms with van der Waals surface area (Å²) in [6.07, 6.45) is 34.3. The monoisotopic (exact) mass is 523 g/mol. The highest BCUT2D eigenvalue weighted by molar-refractivity contribution is 5.69. The first kappa shape index (κ1) is 36.2. The lowest BCUT2D eigenvalue weighted by Gasteiger charge is -2.07. The van der Waals surface area contributed by atoms with Crippen LogP contribution in [0.3, 0.4) is 0 Å². The second-order valence-electron chi connectivity index (χ2n) is 11.8. The van der Waals surface area contributed by atoms with E-state index in [2.05, 4.69) is 32.9 Å². The van der Waals surface area contributed by atoms with Gasteiger partial charge < -0.3 is 9.84 Å². The fourth-order valence-corrected chi connectivity index (χ4v) is 4.86. The molecule has 0 radical (unpaired) electrons. The molecule has 0 aromatic carbocycles. The van der Waals surface area contributed by atoms with Crippen LogP contribution in [0.15, 0.2) is 12.2 Å². The molecule has 0 fully saturated rings. The number of aliphatic hydroxyl groups is 1. The lowest BCUT2D eigenvalue weighted by atomic mass is 10.0. The Kier molecular flexibility index (Phi) is 29.1. The SMILES string of the molecule is CCCCCC[C@@H](O)CC=CCCCCCCCC(=O)OCCCCCCCCCCCCCC(C)C. The van der Waals surface area contributed by atoms with Crippen LogP contribution in [0.4, 0.5) is 0 Å². The Labute approximate surface area is 232 Å². The van der Waals surface area contributed by atoms with E-state index >= 15 is 0 Å². The molecule has 0 rings (SSSR count). The zero-order valence-corrected chi connectivity index (χ0v) is 25.5. The molecular weight excluding hydrogens is 456 g/mol. The van der Waals surface area contributed by atoms with E-state index < -0.39 is 0 Å². The molecule has 0 spiro atoms. The molecular formula is C34H66O3. The van der Waals surface area contributed by atoms with Crippen molar-refractivity contribution in [2.24, 2.45) is 5.92 Å². The summed E-state index contributed by atoms with van der Waals surface area (Å²) in [7, 11) is 0. The van der Waals surface area contributed by atoms with Gasteiger partial charge in [0.2, 0.25) is 0 Å². The van der Waals surface area contributed by atoms with Gasteiger partial charge in [-0.25, -0.2) is 0 Å². The van der Waals surface area contributed by atoms with Crippen molar-refractivity contribution in [1.82, 2.24) is 0 Å². The Morgan fingerprint density at radius 2 is 1.16 bits per heavy atom. The Balaban J connectivity index is 3.27. The summed E-state index contributed by atoms with van der Waals surface area (Å²) >= 11 is 0. The molecule has 37 heavy (non-hydrogen) atoms. The minimum absolute atomic E-state index is 0.00965. The molecule has 220 valence electrons. The molecule has 0 aromatic rings. The lowest BCUT2D eigenvalue weighted by molar-refractivity contribution is -0.143. The van der Waals surface area contributed by atoms with Crippen molar-refractivity contribution in [3.05, 3.63) is 12.2 Å². The largest absolute Gasteiger partial charge is 0.466 e. The maximum atomic E-state index is 11.9. The smallest absolute Gasteiger partial charge is 0.305 e. The van der Waals surface area contributed by atoms with Crippen LogP contribution in [0.25, 0.3) is 0 Å². The Hall–Kier alpha value is -0.830. The molecule has 0 heterocycles. The molecule has 0 unspecified atom stereocenters. The molecule has 0 aliphatic rings. The highest BCUT2D eigenvalue weighted by atomic mass is 16.5. The Morgan fingerprint density at radius 3 is 1.78 bits per heavy atom. The van der Waals surface area contributed by atoms with Crippen molar-refractivity contribution in [2.45, 2.75) is 187 Å². The molecule has 0 aromatic heterocycles. The summed E-state index contributed by atoms with van der Waals surface area (Å²) in [5, 5.41) is 9.97. The van der Waals surface area contributed by atoms with Crippen molar-refractivity contribution in [1.29, 1.82) is 0 Å². The van der Waals surface area contributed by atoms with Crippen LogP contribution in [-0.2, 0) is 9.53 Å². The van der Waals surface area contributed by atoms with Crippen LogP contribution in [0.1, 0.15) is 181 Å². The minimum atomic E-state index is -0.165. The predicted molar refractivity (Wildman–Crippen MR) is 162 cm³/mol. The van der Waals surface area contributed by atoms with Crippen LogP contribution < -0.4 is 0 Å². The summed E-state index contributed by atoms with van der Waals surface area (Å²) in [6, 6.07) is 0.